The summed E-state index contributed by atoms with van der Waals surface area (Å²) in [7, 11) is 1.41. The van der Waals surface area contributed by atoms with Crippen molar-refractivity contribution in [3.05, 3.63) is 58.8 Å². The number of carbonyl (C=O) groups excluding carboxylic acids is 3. The third kappa shape index (κ3) is 6.23. The zero-order valence-corrected chi connectivity index (χ0v) is 19.8. The first-order chi connectivity index (χ1) is 17.2. The minimum atomic E-state index is -0.783. The number of carbonyl (C=O) groups is 3. The molecular formula is C24H26N4O8. The van der Waals surface area contributed by atoms with Crippen molar-refractivity contribution in [3.8, 4) is 23.0 Å². The van der Waals surface area contributed by atoms with E-state index in [1.54, 1.807) is 32.0 Å². The minimum Gasteiger partial charge on any atom is -0.508 e. The zero-order valence-electron chi connectivity index (χ0n) is 19.8. The van der Waals surface area contributed by atoms with Crippen LogP contribution in [0.2, 0.25) is 0 Å². The number of hydrogen-bond donors (Lipinski definition) is 5. The first-order valence-electron chi connectivity index (χ1n) is 10.8. The number of methoxy groups -OCH3 is 1. The van der Waals surface area contributed by atoms with Crippen LogP contribution in [0.5, 0.6) is 23.0 Å². The second kappa shape index (κ2) is 11.6. The highest BCUT2D eigenvalue weighted by Crippen LogP contribution is 2.34. The molecule has 5 N–H and O–H groups in total. The highest BCUT2D eigenvalue weighted by Gasteiger charge is 2.32. The van der Waals surface area contributed by atoms with Crippen molar-refractivity contribution in [1.82, 2.24) is 16.1 Å². The number of benzene rings is 2. The van der Waals surface area contributed by atoms with Crippen molar-refractivity contribution < 1.29 is 38.8 Å². The number of nitrogens with one attached hydrogen (secondary N) is 3. The van der Waals surface area contributed by atoms with E-state index < -0.39 is 30.6 Å². The number of amides is 3. The topological polar surface area (TPSA) is 168 Å². The van der Waals surface area contributed by atoms with E-state index in [4.69, 9.17) is 14.2 Å². The van der Waals surface area contributed by atoms with Gasteiger partial charge in [-0.05, 0) is 43.7 Å². The Balaban J connectivity index is 1.69. The molecule has 12 heteroatoms. The van der Waals surface area contributed by atoms with E-state index in [1.165, 1.54) is 25.5 Å². The van der Waals surface area contributed by atoms with Gasteiger partial charge in [-0.3, -0.25) is 4.79 Å². The Bertz CT molecular complexity index is 1220. The van der Waals surface area contributed by atoms with Gasteiger partial charge < -0.3 is 35.1 Å². The third-order valence-corrected chi connectivity index (χ3v) is 5.05. The SMILES string of the molecule is CCOC(=O)C1=C(C)NC(=O)N[C@H]1c1ccc(OCC(=O)N/N=C\c2ccc(O)cc2O)c(OC)c1. The minimum absolute atomic E-state index is 0.104. The van der Waals surface area contributed by atoms with Gasteiger partial charge >= 0.3 is 12.0 Å². The molecule has 190 valence electrons. The van der Waals surface area contributed by atoms with Crippen molar-refractivity contribution in [3.63, 3.8) is 0 Å². The second-order valence-electron chi connectivity index (χ2n) is 7.53. The fraction of sp³-hybridized carbons (Fsp3) is 0.250. The number of rotatable bonds is 9. The fourth-order valence-corrected chi connectivity index (χ4v) is 3.40. The van der Waals surface area contributed by atoms with Crippen molar-refractivity contribution in [2.45, 2.75) is 19.9 Å². The first kappa shape index (κ1) is 25.9. The van der Waals surface area contributed by atoms with Crippen LogP contribution in [0.3, 0.4) is 0 Å². The summed E-state index contributed by atoms with van der Waals surface area (Å²) in [6.45, 7) is 3.07. The summed E-state index contributed by atoms with van der Waals surface area (Å²) >= 11 is 0. The van der Waals surface area contributed by atoms with Crippen LogP contribution in [-0.2, 0) is 14.3 Å². The van der Waals surface area contributed by atoms with Crippen LogP contribution in [0.15, 0.2) is 52.8 Å². The van der Waals surface area contributed by atoms with Gasteiger partial charge in [-0.1, -0.05) is 6.07 Å². The summed E-state index contributed by atoms with van der Waals surface area (Å²) in [5.41, 5.74) is 3.73. The molecule has 0 unspecified atom stereocenters. The molecule has 2 aromatic carbocycles. The smallest absolute Gasteiger partial charge is 0.338 e. The molecular weight excluding hydrogens is 472 g/mol. The first-order valence-corrected chi connectivity index (χ1v) is 10.8. The summed E-state index contributed by atoms with van der Waals surface area (Å²) in [4.78, 5) is 36.7. The summed E-state index contributed by atoms with van der Waals surface area (Å²) in [6.07, 6.45) is 1.21. The maximum absolute atomic E-state index is 12.5. The molecule has 0 aliphatic carbocycles. The van der Waals surface area contributed by atoms with Crippen molar-refractivity contribution >= 4 is 24.1 Å². The molecule has 1 aliphatic heterocycles. The lowest BCUT2D eigenvalue weighted by Gasteiger charge is -2.28. The van der Waals surface area contributed by atoms with E-state index in [9.17, 15) is 24.6 Å². The fourth-order valence-electron chi connectivity index (χ4n) is 3.40. The highest BCUT2D eigenvalue weighted by atomic mass is 16.5. The Hall–Kier alpha value is -4.74. The molecule has 0 saturated heterocycles. The van der Waals surface area contributed by atoms with Gasteiger partial charge in [-0.2, -0.15) is 5.10 Å². The van der Waals surface area contributed by atoms with Crippen LogP contribution in [0.4, 0.5) is 4.79 Å². The van der Waals surface area contributed by atoms with Crippen LogP contribution in [0.1, 0.15) is 31.0 Å². The Labute approximate surface area is 206 Å². The zero-order chi connectivity index (χ0) is 26.2. The number of nitrogens with zero attached hydrogens (tertiary/aromatic N) is 1. The van der Waals surface area contributed by atoms with E-state index >= 15 is 0 Å². The molecule has 1 atom stereocenters. The number of esters is 1. The van der Waals surface area contributed by atoms with Crippen LogP contribution in [0.25, 0.3) is 0 Å². The van der Waals surface area contributed by atoms with E-state index in [0.29, 0.717) is 16.8 Å². The number of phenolic OH excluding ortho intramolecular Hbond substituents is 2. The summed E-state index contributed by atoms with van der Waals surface area (Å²) in [6, 6.07) is 7.45. The molecule has 0 radical (unpaired) electrons. The lowest BCUT2D eigenvalue weighted by molar-refractivity contribution is -0.139. The summed E-state index contributed by atoms with van der Waals surface area (Å²) < 4.78 is 16.0. The van der Waals surface area contributed by atoms with E-state index in [2.05, 4.69) is 21.2 Å². The van der Waals surface area contributed by atoms with Crippen molar-refractivity contribution in [2.75, 3.05) is 20.3 Å². The highest BCUT2D eigenvalue weighted by molar-refractivity contribution is 5.95. The van der Waals surface area contributed by atoms with Gasteiger partial charge in [0, 0.05) is 17.3 Å². The maximum atomic E-state index is 12.5. The van der Waals surface area contributed by atoms with Crippen LogP contribution < -0.4 is 25.5 Å². The molecule has 0 bridgehead atoms. The van der Waals surface area contributed by atoms with Gasteiger partial charge in [0.25, 0.3) is 5.91 Å². The number of aromatic hydroxyl groups is 2. The number of phenols is 2. The predicted octanol–water partition coefficient (Wildman–Crippen LogP) is 1.83. The normalized spacial score (nSPS) is 15.2. The third-order valence-electron chi connectivity index (χ3n) is 5.05. The standard InChI is InChI=1S/C24H26N4O8/c1-4-35-23(32)21-13(2)26-24(33)27-22(21)14-6-8-18(19(9-14)34-3)36-12-20(31)28-25-11-15-5-7-16(29)10-17(15)30/h5-11,22,29-30H,4,12H2,1-3H3,(H,28,31)(H2,26,27,33)/b25-11-/t22-/m0/s1. The second-order valence-corrected chi connectivity index (χ2v) is 7.53. The summed E-state index contributed by atoms with van der Waals surface area (Å²) in [5, 5.41) is 28.0. The van der Waals surface area contributed by atoms with Gasteiger partial charge in [0.15, 0.2) is 18.1 Å². The molecule has 0 saturated carbocycles. The van der Waals surface area contributed by atoms with Gasteiger partial charge in [-0.15, -0.1) is 0 Å². The van der Waals surface area contributed by atoms with E-state index in [1.807, 2.05) is 0 Å². The van der Waals surface area contributed by atoms with E-state index in [0.717, 1.165) is 6.07 Å². The monoisotopic (exact) mass is 498 g/mol. The van der Waals surface area contributed by atoms with Gasteiger partial charge in [0.05, 0.1) is 31.5 Å². The largest absolute Gasteiger partial charge is 0.508 e. The van der Waals surface area contributed by atoms with Gasteiger partial charge in [-0.25, -0.2) is 15.0 Å². The van der Waals surface area contributed by atoms with Crippen molar-refractivity contribution in [2.24, 2.45) is 5.10 Å². The summed E-state index contributed by atoms with van der Waals surface area (Å²) in [5.74, 6) is -0.932. The van der Waals surface area contributed by atoms with Crippen molar-refractivity contribution in [1.29, 1.82) is 0 Å². The molecule has 12 nitrogen and oxygen atoms in total. The van der Waals surface area contributed by atoms with Crippen LogP contribution in [-0.4, -0.2) is 54.7 Å². The lowest BCUT2D eigenvalue weighted by Crippen LogP contribution is -2.45. The van der Waals surface area contributed by atoms with E-state index in [-0.39, 0.29) is 35.2 Å². The molecule has 36 heavy (non-hydrogen) atoms. The number of urea groups is 1. The molecule has 1 aliphatic rings. The average Bonchev–Trinajstić information content (AvgIpc) is 2.83. The number of hydrazone groups is 1. The number of ether oxygens (including phenoxy) is 3. The van der Waals surface area contributed by atoms with Crippen LogP contribution >= 0.6 is 0 Å². The molecule has 0 fully saturated rings. The lowest BCUT2D eigenvalue weighted by atomic mass is 9.95. The maximum Gasteiger partial charge on any atom is 0.338 e. The number of hydrogen-bond acceptors (Lipinski definition) is 9. The molecule has 0 spiro atoms. The Kier molecular flexibility index (Phi) is 8.34. The Morgan fingerprint density at radius 2 is 1.94 bits per heavy atom. The molecule has 1 heterocycles. The Morgan fingerprint density at radius 1 is 1.17 bits per heavy atom. The molecule has 3 amide bonds. The van der Waals surface area contributed by atoms with Crippen LogP contribution in [0, 0.1) is 0 Å². The van der Waals surface area contributed by atoms with Gasteiger partial charge in [0.2, 0.25) is 0 Å². The predicted molar refractivity (Wildman–Crippen MR) is 128 cm³/mol. The Morgan fingerprint density at radius 3 is 2.64 bits per heavy atom. The van der Waals surface area contributed by atoms with Gasteiger partial charge in [0.1, 0.15) is 11.5 Å². The molecule has 3 rings (SSSR count). The number of allylic oxidation sites excluding steroid dienone is 1. The molecule has 0 aromatic heterocycles. The quantitative estimate of drug-likeness (QED) is 0.198. The molecule has 2 aromatic rings. The average molecular weight is 498 g/mol.